The number of fused-ring (bicyclic) bond motifs is 1. The smallest absolute Gasteiger partial charge is 0.263 e. The first-order valence-electron chi connectivity index (χ1n) is 10.8. The van der Waals surface area contributed by atoms with Crippen LogP contribution in [0.15, 0.2) is 52.2 Å². The minimum atomic E-state index is -0.197. The number of benzene rings is 1. The third kappa shape index (κ3) is 4.12. The number of aromatic nitrogens is 3. The van der Waals surface area contributed by atoms with Crippen molar-refractivity contribution in [2.75, 3.05) is 6.61 Å². The largest absolute Gasteiger partial charge is 0.488 e. The van der Waals surface area contributed by atoms with Gasteiger partial charge in [-0.15, -0.1) is 11.3 Å². The van der Waals surface area contributed by atoms with Crippen LogP contribution in [0.1, 0.15) is 49.5 Å². The van der Waals surface area contributed by atoms with E-state index in [1.165, 1.54) is 6.07 Å². The summed E-state index contributed by atoms with van der Waals surface area (Å²) in [5.41, 5.74) is 2.29. The minimum absolute atomic E-state index is 0.0496. The average molecular weight is 450 g/mol. The second-order valence-corrected chi connectivity index (χ2v) is 9.33. The van der Waals surface area contributed by atoms with Gasteiger partial charge in [0.15, 0.2) is 5.75 Å². The Labute approximate surface area is 190 Å². The van der Waals surface area contributed by atoms with Gasteiger partial charge in [0, 0.05) is 34.3 Å². The van der Waals surface area contributed by atoms with E-state index in [2.05, 4.69) is 4.98 Å². The Morgan fingerprint density at radius 1 is 1.19 bits per heavy atom. The van der Waals surface area contributed by atoms with Crippen molar-refractivity contribution in [2.45, 2.75) is 46.6 Å². The van der Waals surface area contributed by atoms with E-state index in [-0.39, 0.29) is 23.5 Å². The third-order valence-corrected chi connectivity index (χ3v) is 6.32. The number of hydrogen-bond acceptors (Lipinski definition) is 5. The van der Waals surface area contributed by atoms with Crippen LogP contribution in [0.4, 0.5) is 0 Å². The first kappa shape index (κ1) is 22.0. The van der Waals surface area contributed by atoms with Crippen LogP contribution >= 0.6 is 11.3 Å². The van der Waals surface area contributed by atoms with Crippen molar-refractivity contribution < 1.29 is 4.74 Å². The summed E-state index contributed by atoms with van der Waals surface area (Å²) in [4.78, 5) is 36.0. The van der Waals surface area contributed by atoms with E-state index in [0.29, 0.717) is 29.3 Å². The predicted octanol–water partition coefficient (Wildman–Crippen LogP) is 5.08. The molecular formula is C25H27N3O3S. The van der Waals surface area contributed by atoms with Crippen LogP contribution in [0.25, 0.3) is 21.3 Å². The number of hydrogen-bond donors (Lipinski definition) is 1. The first-order chi connectivity index (χ1) is 15.4. The van der Waals surface area contributed by atoms with Crippen molar-refractivity contribution >= 4 is 21.6 Å². The Morgan fingerprint density at radius 3 is 2.59 bits per heavy atom. The van der Waals surface area contributed by atoms with Crippen molar-refractivity contribution in [2.24, 2.45) is 0 Å². The molecule has 0 saturated heterocycles. The predicted molar refractivity (Wildman–Crippen MR) is 130 cm³/mol. The van der Waals surface area contributed by atoms with Gasteiger partial charge in [-0.25, -0.2) is 4.98 Å². The molecule has 4 rings (SSSR count). The normalized spacial score (nSPS) is 11.4. The number of aromatic amines is 1. The Morgan fingerprint density at radius 2 is 1.94 bits per heavy atom. The second-order valence-electron chi connectivity index (χ2n) is 8.13. The highest BCUT2D eigenvalue weighted by atomic mass is 32.1. The number of thiophene rings is 1. The lowest BCUT2D eigenvalue weighted by atomic mass is 10.0. The Hall–Kier alpha value is -3.19. The minimum Gasteiger partial charge on any atom is -0.488 e. The van der Waals surface area contributed by atoms with Gasteiger partial charge in [-0.3, -0.25) is 14.2 Å². The topological polar surface area (TPSA) is 77.0 Å². The molecule has 0 aliphatic carbocycles. The van der Waals surface area contributed by atoms with Crippen molar-refractivity contribution in [3.63, 3.8) is 0 Å². The lowest BCUT2D eigenvalue weighted by molar-refractivity contribution is 0.313. The molecule has 0 fully saturated rings. The molecule has 0 aliphatic rings. The maximum Gasteiger partial charge on any atom is 0.263 e. The SMILES string of the molecule is CCCOc1c[nH]c(Cn2c(C(C)C)nc3sc(C)c(-c4ccccc4)c3c2=O)cc1=O. The zero-order valence-electron chi connectivity index (χ0n) is 18.8. The maximum atomic E-state index is 13.8. The van der Waals surface area contributed by atoms with E-state index in [4.69, 9.17) is 9.72 Å². The lowest BCUT2D eigenvalue weighted by Crippen LogP contribution is -2.27. The van der Waals surface area contributed by atoms with Gasteiger partial charge in [0.25, 0.3) is 5.56 Å². The third-order valence-electron chi connectivity index (χ3n) is 5.32. The number of nitrogens with one attached hydrogen (secondary N) is 1. The number of H-pyrrole nitrogens is 1. The molecule has 1 N–H and O–H groups in total. The highest BCUT2D eigenvalue weighted by Gasteiger charge is 2.21. The van der Waals surface area contributed by atoms with E-state index >= 15 is 0 Å². The van der Waals surface area contributed by atoms with Gasteiger partial charge in [0.1, 0.15) is 10.7 Å². The molecule has 6 nitrogen and oxygen atoms in total. The van der Waals surface area contributed by atoms with Crippen LogP contribution in [0.2, 0.25) is 0 Å². The van der Waals surface area contributed by atoms with Gasteiger partial charge in [-0.2, -0.15) is 0 Å². The molecular weight excluding hydrogens is 422 g/mol. The number of rotatable bonds is 7. The summed E-state index contributed by atoms with van der Waals surface area (Å²) in [5.74, 6) is 1.05. The van der Waals surface area contributed by atoms with Crippen molar-refractivity contribution in [1.82, 2.24) is 14.5 Å². The van der Waals surface area contributed by atoms with E-state index < -0.39 is 0 Å². The standard InChI is InChI=1S/C25H27N3O3S/c1-5-11-31-20-13-26-18(12-19(20)29)14-28-23(15(2)3)27-24-22(25(28)30)21(16(4)32-24)17-9-7-6-8-10-17/h6-10,12-13,15H,5,11,14H2,1-4H3,(H,26,29). The number of pyridine rings is 1. The van der Waals surface area contributed by atoms with E-state index in [1.807, 2.05) is 58.0 Å². The highest BCUT2D eigenvalue weighted by Crippen LogP contribution is 2.36. The molecule has 166 valence electrons. The Balaban J connectivity index is 1.86. The Bertz CT molecular complexity index is 1370. The zero-order valence-corrected chi connectivity index (χ0v) is 19.6. The molecule has 1 aromatic carbocycles. The molecule has 32 heavy (non-hydrogen) atoms. The molecule has 0 atom stereocenters. The number of ether oxygens (including phenoxy) is 1. The number of aryl methyl sites for hydroxylation is 1. The van der Waals surface area contributed by atoms with E-state index in [9.17, 15) is 9.59 Å². The molecule has 0 spiro atoms. The molecule has 0 saturated carbocycles. The van der Waals surface area contributed by atoms with Crippen LogP contribution < -0.4 is 15.7 Å². The summed E-state index contributed by atoms with van der Waals surface area (Å²) in [6.07, 6.45) is 2.40. The van der Waals surface area contributed by atoms with Crippen LogP contribution in [0, 0.1) is 6.92 Å². The summed E-state index contributed by atoms with van der Waals surface area (Å²) in [6, 6.07) is 11.4. The fourth-order valence-corrected chi connectivity index (χ4v) is 4.89. The van der Waals surface area contributed by atoms with E-state index in [1.54, 1.807) is 22.1 Å². The van der Waals surface area contributed by atoms with Gasteiger partial charge in [-0.05, 0) is 18.9 Å². The van der Waals surface area contributed by atoms with Crippen molar-refractivity contribution in [3.05, 3.63) is 79.6 Å². The molecule has 7 heteroatoms. The fraction of sp³-hybridized carbons (Fsp3) is 0.320. The molecule has 0 radical (unpaired) electrons. The van der Waals surface area contributed by atoms with Crippen molar-refractivity contribution in [3.8, 4) is 16.9 Å². The molecule has 4 aromatic rings. The summed E-state index contributed by atoms with van der Waals surface area (Å²) in [7, 11) is 0. The summed E-state index contributed by atoms with van der Waals surface area (Å²) in [6.45, 7) is 8.78. The lowest BCUT2D eigenvalue weighted by Gasteiger charge is -2.15. The van der Waals surface area contributed by atoms with Crippen LogP contribution in [0.3, 0.4) is 0 Å². The monoisotopic (exact) mass is 449 g/mol. The fourth-order valence-electron chi connectivity index (χ4n) is 3.84. The average Bonchev–Trinajstić information content (AvgIpc) is 3.11. The Kier molecular flexibility index (Phi) is 6.28. The highest BCUT2D eigenvalue weighted by molar-refractivity contribution is 7.19. The summed E-state index contributed by atoms with van der Waals surface area (Å²) in [5, 5.41) is 0.633. The van der Waals surface area contributed by atoms with Gasteiger partial charge in [0.05, 0.1) is 18.5 Å². The van der Waals surface area contributed by atoms with Crippen LogP contribution in [0.5, 0.6) is 5.75 Å². The maximum absolute atomic E-state index is 13.8. The number of nitrogens with zero attached hydrogens (tertiary/aromatic N) is 2. The van der Waals surface area contributed by atoms with Gasteiger partial charge in [0.2, 0.25) is 5.43 Å². The molecule has 3 heterocycles. The quantitative estimate of drug-likeness (QED) is 0.427. The zero-order chi connectivity index (χ0) is 22.8. The second kappa shape index (κ2) is 9.12. The molecule has 0 bridgehead atoms. The van der Waals surface area contributed by atoms with Gasteiger partial charge >= 0.3 is 0 Å². The van der Waals surface area contributed by atoms with Crippen LogP contribution in [-0.4, -0.2) is 21.1 Å². The summed E-state index contributed by atoms with van der Waals surface area (Å²) < 4.78 is 7.16. The van der Waals surface area contributed by atoms with Crippen LogP contribution in [-0.2, 0) is 6.54 Å². The van der Waals surface area contributed by atoms with Gasteiger partial charge < -0.3 is 9.72 Å². The van der Waals surface area contributed by atoms with Crippen molar-refractivity contribution in [1.29, 1.82) is 0 Å². The van der Waals surface area contributed by atoms with E-state index in [0.717, 1.165) is 27.3 Å². The van der Waals surface area contributed by atoms with Gasteiger partial charge in [-0.1, -0.05) is 51.1 Å². The molecule has 0 unspecified atom stereocenters. The molecule has 0 amide bonds. The summed E-state index contributed by atoms with van der Waals surface area (Å²) >= 11 is 1.55. The molecule has 3 aromatic heterocycles. The molecule has 0 aliphatic heterocycles. The first-order valence-corrected chi connectivity index (χ1v) is 11.7.